The van der Waals surface area contributed by atoms with Crippen LogP contribution in [0.1, 0.15) is 36.8 Å². The summed E-state index contributed by atoms with van der Waals surface area (Å²) in [6.45, 7) is 3.39. The minimum atomic E-state index is -0.00787. The number of aromatic nitrogens is 2. The van der Waals surface area contributed by atoms with Gasteiger partial charge < -0.3 is 9.64 Å². The third kappa shape index (κ3) is 1.88. The number of nitrogens with zero attached hydrogens (tertiary/aromatic N) is 3. The maximum Gasteiger partial charge on any atom is 0.199 e. The van der Waals surface area contributed by atoms with Crippen molar-refractivity contribution >= 4 is 11.5 Å². The minimum Gasteiger partial charge on any atom is -0.377 e. The fraction of sp³-hybridized carbons (Fsp3) is 0.615. The largest absolute Gasteiger partial charge is 0.377 e. The van der Waals surface area contributed by atoms with Gasteiger partial charge in [0.15, 0.2) is 11.6 Å². The molecule has 2 unspecified atom stereocenters. The Labute approximate surface area is 106 Å². The maximum atomic E-state index is 11.5. The SMILES string of the molecule is CCC(=O)c1ncc(N2C3CCC2COC3)cn1. The zero-order valence-corrected chi connectivity index (χ0v) is 10.5. The number of hydrogen-bond acceptors (Lipinski definition) is 5. The van der Waals surface area contributed by atoms with Crippen LogP contribution in [0.4, 0.5) is 5.69 Å². The lowest BCUT2D eigenvalue weighted by atomic mass is 10.2. The summed E-state index contributed by atoms with van der Waals surface area (Å²) in [6, 6.07) is 0.889. The van der Waals surface area contributed by atoms with Gasteiger partial charge in [-0.05, 0) is 12.8 Å². The molecular formula is C13H17N3O2. The molecule has 18 heavy (non-hydrogen) atoms. The van der Waals surface area contributed by atoms with Crippen LogP contribution in [0.5, 0.6) is 0 Å². The predicted octanol–water partition coefficient (Wildman–Crippen LogP) is 1.44. The number of fused-ring (bicyclic) bond motifs is 2. The Morgan fingerprint density at radius 1 is 1.33 bits per heavy atom. The van der Waals surface area contributed by atoms with Gasteiger partial charge in [-0.1, -0.05) is 6.92 Å². The monoisotopic (exact) mass is 247 g/mol. The van der Waals surface area contributed by atoms with E-state index < -0.39 is 0 Å². The summed E-state index contributed by atoms with van der Waals surface area (Å²) in [7, 11) is 0. The van der Waals surface area contributed by atoms with Crippen molar-refractivity contribution in [3.63, 3.8) is 0 Å². The van der Waals surface area contributed by atoms with Crippen molar-refractivity contribution in [1.82, 2.24) is 9.97 Å². The molecule has 2 atom stereocenters. The van der Waals surface area contributed by atoms with E-state index in [1.54, 1.807) is 12.4 Å². The normalized spacial score (nSPS) is 26.4. The van der Waals surface area contributed by atoms with Crippen molar-refractivity contribution in [1.29, 1.82) is 0 Å². The van der Waals surface area contributed by atoms with Crippen LogP contribution in [0.25, 0.3) is 0 Å². The van der Waals surface area contributed by atoms with Gasteiger partial charge in [0.1, 0.15) is 0 Å². The van der Waals surface area contributed by atoms with Gasteiger partial charge in [0.05, 0.1) is 43.4 Å². The molecule has 0 aliphatic carbocycles. The maximum absolute atomic E-state index is 11.5. The number of carbonyl (C=O) groups excluding carboxylic acids is 1. The predicted molar refractivity (Wildman–Crippen MR) is 66.8 cm³/mol. The number of carbonyl (C=O) groups is 1. The van der Waals surface area contributed by atoms with Crippen molar-refractivity contribution in [2.24, 2.45) is 0 Å². The second-order valence-electron chi connectivity index (χ2n) is 4.87. The van der Waals surface area contributed by atoms with Crippen LogP contribution in [0.15, 0.2) is 12.4 Å². The summed E-state index contributed by atoms with van der Waals surface area (Å²) < 4.78 is 5.55. The average molecular weight is 247 g/mol. The number of Topliss-reactive ketones (excluding diaryl/α,β-unsaturated/α-hetero) is 1. The van der Waals surface area contributed by atoms with E-state index in [2.05, 4.69) is 14.9 Å². The number of rotatable bonds is 3. The third-order valence-corrected chi connectivity index (χ3v) is 3.75. The average Bonchev–Trinajstić information content (AvgIpc) is 2.67. The number of anilines is 1. The number of ether oxygens (including phenoxy) is 1. The molecule has 0 spiro atoms. The molecule has 1 aromatic heterocycles. The lowest BCUT2D eigenvalue weighted by Gasteiger charge is -2.36. The molecule has 5 heteroatoms. The molecule has 3 heterocycles. The first-order chi connectivity index (χ1) is 8.79. The molecule has 2 fully saturated rings. The van der Waals surface area contributed by atoms with E-state index in [0.29, 0.717) is 24.3 Å². The number of morpholine rings is 1. The van der Waals surface area contributed by atoms with Crippen LogP contribution in [-0.2, 0) is 4.74 Å². The topological polar surface area (TPSA) is 55.3 Å². The van der Waals surface area contributed by atoms with Crippen molar-refractivity contribution < 1.29 is 9.53 Å². The van der Waals surface area contributed by atoms with Crippen molar-refractivity contribution in [3.05, 3.63) is 18.2 Å². The van der Waals surface area contributed by atoms with E-state index in [9.17, 15) is 4.79 Å². The van der Waals surface area contributed by atoms with E-state index in [1.807, 2.05) is 6.92 Å². The molecule has 2 aliphatic rings. The Bertz CT molecular complexity index is 430. The molecule has 0 N–H and O–H groups in total. The molecule has 2 bridgehead atoms. The molecule has 0 saturated carbocycles. The van der Waals surface area contributed by atoms with Crippen molar-refractivity contribution in [2.75, 3.05) is 18.1 Å². The van der Waals surface area contributed by atoms with Gasteiger partial charge in [-0.15, -0.1) is 0 Å². The lowest BCUT2D eigenvalue weighted by molar-refractivity contribution is 0.0905. The van der Waals surface area contributed by atoms with Crippen LogP contribution in [0.3, 0.4) is 0 Å². The highest BCUT2D eigenvalue weighted by Crippen LogP contribution is 2.33. The Morgan fingerprint density at radius 3 is 2.50 bits per heavy atom. The van der Waals surface area contributed by atoms with Gasteiger partial charge in [-0.25, -0.2) is 9.97 Å². The summed E-state index contributed by atoms with van der Waals surface area (Å²) >= 11 is 0. The molecule has 0 radical (unpaired) electrons. The summed E-state index contributed by atoms with van der Waals surface area (Å²) in [5.74, 6) is 0.313. The molecule has 5 nitrogen and oxygen atoms in total. The van der Waals surface area contributed by atoms with E-state index in [-0.39, 0.29) is 5.78 Å². The van der Waals surface area contributed by atoms with E-state index in [0.717, 1.165) is 18.9 Å². The van der Waals surface area contributed by atoms with Crippen molar-refractivity contribution in [3.8, 4) is 0 Å². The highest BCUT2D eigenvalue weighted by molar-refractivity contribution is 5.92. The standard InChI is InChI=1S/C13H17N3O2/c1-2-12(17)13-14-5-11(6-15-13)16-9-3-4-10(16)8-18-7-9/h5-6,9-10H,2-4,7-8H2,1H3. The molecule has 0 aromatic carbocycles. The summed E-state index contributed by atoms with van der Waals surface area (Å²) in [5, 5.41) is 0. The Morgan fingerprint density at radius 2 is 1.94 bits per heavy atom. The molecule has 2 saturated heterocycles. The van der Waals surface area contributed by atoms with Gasteiger partial charge in [0.25, 0.3) is 0 Å². The first kappa shape index (κ1) is 11.6. The fourth-order valence-corrected chi connectivity index (χ4v) is 2.81. The quantitative estimate of drug-likeness (QED) is 0.756. The Balaban J connectivity index is 1.83. The molecule has 3 rings (SSSR count). The second-order valence-corrected chi connectivity index (χ2v) is 4.87. The lowest BCUT2D eigenvalue weighted by Crippen LogP contribution is -2.46. The van der Waals surface area contributed by atoms with E-state index in [4.69, 9.17) is 4.74 Å². The first-order valence-corrected chi connectivity index (χ1v) is 6.51. The molecular weight excluding hydrogens is 230 g/mol. The summed E-state index contributed by atoms with van der Waals surface area (Å²) in [4.78, 5) is 22.2. The number of ketones is 1. The van der Waals surface area contributed by atoms with E-state index in [1.165, 1.54) is 12.8 Å². The van der Waals surface area contributed by atoms with Gasteiger partial charge in [-0.2, -0.15) is 0 Å². The minimum absolute atomic E-state index is 0.00787. The highest BCUT2D eigenvalue weighted by atomic mass is 16.5. The summed E-state index contributed by atoms with van der Waals surface area (Å²) in [5.41, 5.74) is 1.01. The zero-order valence-electron chi connectivity index (χ0n) is 10.5. The van der Waals surface area contributed by atoms with Crippen LogP contribution in [0.2, 0.25) is 0 Å². The van der Waals surface area contributed by atoms with Crippen LogP contribution in [-0.4, -0.2) is 41.0 Å². The van der Waals surface area contributed by atoms with Crippen molar-refractivity contribution in [2.45, 2.75) is 38.3 Å². The molecule has 2 aliphatic heterocycles. The van der Waals surface area contributed by atoms with Gasteiger partial charge in [0.2, 0.25) is 0 Å². The molecule has 96 valence electrons. The van der Waals surface area contributed by atoms with Crippen LogP contribution < -0.4 is 4.90 Å². The molecule has 0 amide bonds. The first-order valence-electron chi connectivity index (χ1n) is 6.51. The van der Waals surface area contributed by atoms with E-state index >= 15 is 0 Å². The number of hydrogen-bond donors (Lipinski definition) is 0. The summed E-state index contributed by atoms with van der Waals surface area (Å²) in [6.07, 6.45) is 6.32. The molecule has 1 aromatic rings. The van der Waals surface area contributed by atoms with Crippen LogP contribution >= 0.6 is 0 Å². The van der Waals surface area contributed by atoms with Gasteiger partial charge >= 0.3 is 0 Å². The fourth-order valence-electron chi connectivity index (χ4n) is 2.81. The highest BCUT2D eigenvalue weighted by Gasteiger charge is 2.37. The van der Waals surface area contributed by atoms with Gasteiger partial charge in [0, 0.05) is 6.42 Å². The van der Waals surface area contributed by atoms with Crippen LogP contribution in [0, 0.1) is 0 Å². The Kier molecular flexibility index (Phi) is 2.99. The Hall–Kier alpha value is -1.49. The smallest absolute Gasteiger partial charge is 0.199 e. The zero-order chi connectivity index (χ0) is 12.5. The second kappa shape index (κ2) is 4.65. The van der Waals surface area contributed by atoms with Gasteiger partial charge in [-0.3, -0.25) is 4.79 Å². The third-order valence-electron chi connectivity index (χ3n) is 3.75.